The summed E-state index contributed by atoms with van der Waals surface area (Å²) in [7, 11) is -3.39. The molecule has 0 radical (unpaired) electrons. The van der Waals surface area contributed by atoms with Gasteiger partial charge in [-0.05, 0) is 30.0 Å². The van der Waals surface area contributed by atoms with Gasteiger partial charge in [0.05, 0.1) is 4.90 Å². The highest BCUT2D eigenvalue weighted by atomic mass is 32.2. The molecule has 0 aliphatic carbocycles. The lowest BCUT2D eigenvalue weighted by atomic mass is 10.2. The van der Waals surface area contributed by atoms with Gasteiger partial charge in [0, 0.05) is 23.2 Å². The third-order valence-corrected chi connectivity index (χ3v) is 6.55. The number of nitrogens with one attached hydrogen (secondary N) is 1. The summed E-state index contributed by atoms with van der Waals surface area (Å²) in [5.74, 6) is 1.99. The quantitative estimate of drug-likeness (QED) is 0.879. The smallest absolute Gasteiger partial charge is 0.242 e. The van der Waals surface area contributed by atoms with Crippen LogP contribution in [0.25, 0.3) is 0 Å². The average Bonchev–Trinajstić information content (AvgIpc) is 2.78. The van der Waals surface area contributed by atoms with Crippen molar-refractivity contribution in [2.24, 2.45) is 5.73 Å². The lowest BCUT2D eigenvalue weighted by Gasteiger charge is -2.22. The van der Waals surface area contributed by atoms with E-state index >= 15 is 0 Å². The fourth-order valence-corrected chi connectivity index (χ4v) is 5.62. The lowest BCUT2D eigenvalue weighted by Crippen LogP contribution is -2.38. The Balaban J connectivity index is 2.13. The van der Waals surface area contributed by atoms with Crippen molar-refractivity contribution < 1.29 is 8.42 Å². The Labute approximate surface area is 110 Å². The van der Waals surface area contributed by atoms with Gasteiger partial charge in [0.25, 0.3) is 0 Å². The van der Waals surface area contributed by atoms with Crippen LogP contribution in [0, 0.1) is 0 Å². The molecular weight excluding hydrogens is 276 g/mol. The second-order valence-corrected chi connectivity index (χ2v) is 7.78. The molecule has 2 rings (SSSR count). The van der Waals surface area contributed by atoms with Crippen molar-refractivity contribution in [3.8, 4) is 0 Å². The Hall–Kier alpha value is -0.0800. The van der Waals surface area contributed by atoms with E-state index in [2.05, 4.69) is 4.72 Å². The minimum absolute atomic E-state index is 0.0595. The first-order valence-electron chi connectivity index (χ1n) is 5.50. The molecule has 7 heteroatoms. The number of hydrogen-bond donors (Lipinski definition) is 2. The van der Waals surface area contributed by atoms with Crippen LogP contribution < -0.4 is 10.5 Å². The zero-order chi connectivity index (χ0) is 12.3. The van der Waals surface area contributed by atoms with Crippen LogP contribution >= 0.6 is 23.1 Å². The van der Waals surface area contributed by atoms with Crippen LogP contribution in [0.4, 0.5) is 0 Å². The molecule has 1 saturated heterocycles. The molecule has 0 bridgehead atoms. The monoisotopic (exact) mass is 292 g/mol. The maximum Gasteiger partial charge on any atom is 0.242 e. The van der Waals surface area contributed by atoms with Gasteiger partial charge in [-0.3, -0.25) is 0 Å². The first-order valence-corrected chi connectivity index (χ1v) is 9.02. The van der Waals surface area contributed by atoms with Crippen LogP contribution in [0.5, 0.6) is 0 Å². The van der Waals surface area contributed by atoms with Crippen molar-refractivity contribution in [3.63, 3.8) is 0 Å². The van der Waals surface area contributed by atoms with Gasteiger partial charge in [-0.25, -0.2) is 13.1 Å². The predicted octanol–water partition coefficient (Wildman–Crippen LogP) is 1.38. The number of sulfonamides is 1. The van der Waals surface area contributed by atoms with Gasteiger partial charge in [0.1, 0.15) is 0 Å². The van der Waals surface area contributed by atoms with Crippen LogP contribution in [0.1, 0.15) is 17.7 Å². The summed E-state index contributed by atoms with van der Waals surface area (Å²) < 4.78 is 27.1. The normalized spacial score (nSPS) is 21.6. The van der Waals surface area contributed by atoms with E-state index in [1.807, 2.05) is 0 Å². The topological polar surface area (TPSA) is 72.2 Å². The van der Waals surface area contributed by atoms with Crippen molar-refractivity contribution in [1.29, 1.82) is 0 Å². The molecule has 1 aromatic rings. The van der Waals surface area contributed by atoms with Crippen LogP contribution in [0.3, 0.4) is 0 Å². The average molecular weight is 292 g/mol. The van der Waals surface area contributed by atoms with Gasteiger partial charge < -0.3 is 5.73 Å². The summed E-state index contributed by atoms with van der Waals surface area (Å²) in [6, 6.07) is 1.69. The molecule has 1 unspecified atom stereocenters. The molecule has 0 aromatic carbocycles. The Morgan fingerprint density at radius 1 is 1.53 bits per heavy atom. The van der Waals surface area contributed by atoms with Crippen LogP contribution in [0.15, 0.2) is 16.3 Å². The van der Waals surface area contributed by atoms with Gasteiger partial charge in [0.15, 0.2) is 0 Å². The van der Waals surface area contributed by atoms with Gasteiger partial charge in [-0.15, -0.1) is 11.3 Å². The second kappa shape index (κ2) is 5.71. The SMILES string of the molecule is NCc1sccc1S(=O)(=O)NC1CCCSC1. The third-order valence-electron chi connectivity index (χ3n) is 2.66. The minimum Gasteiger partial charge on any atom is -0.326 e. The third kappa shape index (κ3) is 3.23. The zero-order valence-corrected chi connectivity index (χ0v) is 11.8. The molecule has 2 heterocycles. The Morgan fingerprint density at radius 3 is 3.00 bits per heavy atom. The van der Waals surface area contributed by atoms with E-state index in [4.69, 9.17) is 5.73 Å². The number of thiophene rings is 1. The maximum atomic E-state index is 12.2. The van der Waals surface area contributed by atoms with Gasteiger partial charge in [-0.2, -0.15) is 11.8 Å². The Kier molecular flexibility index (Phi) is 4.48. The van der Waals surface area contributed by atoms with E-state index in [-0.39, 0.29) is 12.6 Å². The summed E-state index contributed by atoms with van der Waals surface area (Å²) in [6.07, 6.45) is 2.00. The summed E-state index contributed by atoms with van der Waals surface area (Å²) in [5.41, 5.74) is 5.54. The maximum absolute atomic E-state index is 12.2. The number of thioether (sulfide) groups is 1. The van der Waals surface area contributed by atoms with Crippen molar-refractivity contribution in [1.82, 2.24) is 4.72 Å². The standard InChI is InChI=1S/C10H16N2O2S3/c11-6-9-10(3-5-16-9)17(13,14)12-8-2-1-4-15-7-8/h3,5,8,12H,1-2,4,6-7,11H2. The molecular formula is C10H16N2O2S3. The predicted molar refractivity (Wildman–Crippen MR) is 72.9 cm³/mol. The number of hydrogen-bond acceptors (Lipinski definition) is 5. The molecule has 3 N–H and O–H groups in total. The number of nitrogens with two attached hydrogens (primary N) is 1. The van der Waals surface area contributed by atoms with E-state index in [1.165, 1.54) is 11.3 Å². The van der Waals surface area contributed by atoms with E-state index in [1.54, 1.807) is 23.2 Å². The highest BCUT2D eigenvalue weighted by molar-refractivity contribution is 7.99. The van der Waals surface area contributed by atoms with Gasteiger partial charge in [0.2, 0.25) is 10.0 Å². The molecule has 0 spiro atoms. The van der Waals surface area contributed by atoms with Crippen molar-refractivity contribution in [2.75, 3.05) is 11.5 Å². The highest BCUT2D eigenvalue weighted by Crippen LogP contribution is 2.23. The first kappa shape index (κ1) is 13.4. The summed E-state index contributed by atoms with van der Waals surface area (Å²) in [5, 5.41) is 1.77. The molecule has 1 atom stereocenters. The second-order valence-electron chi connectivity index (χ2n) is 3.95. The van der Waals surface area contributed by atoms with Crippen LogP contribution in [-0.2, 0) is 16.6 Å². The van der Waals surface area contributed by atoms with E-state index in [0.717, 1.165) is 29.2 Å². The fourth-order valence-electron chi connectivity index (χ4n) is 1.83. The molecule has 1 fully saturated rings. The molecule has 0 amide bonds. The summed E-state index contributed by atoms with van der Waals surface area (Å²) in [6.45, 7) is 0.271. The van der Waals surface area contributed by atoms with Crippen LogP contribution in [0.2, 0.25) is 0 Å². The van der Waals surface area contributed by atoms with Crippen molar-refractivity contribution in [2.45, 2.75) is 30.3 Å². The molecule has 1 aromatic heterocycles. The van der Waals surface area contributed by atoms with Gasteiger partial charge >= 0.3 is 0 Å². The highest BCUT2D eigenvalue weighted by Gasteiger charge is 2.24. The molecule has 1 aliphatic rings. The lowest BCUT2D eigenvalue weighted by molar-refractivity contribution is 0.542. The first-order chi connectivity index (χ1) is 8.13. The summed E-state index contributed by atoms with van der Waals surface area (Å²) in [4.78, 5) is 1.07. The molecule has 4 nitrogen and oxygen atoms in total. The largest absolute Gasteiger partial charge is 0.326 e. The molecule has 96 valence electrons. The Bertz CT molecular complexity index is 464. The van der Waals surface area contributed by atoms with Crippen molar-refractivity contribution in [3.05, 3.63) is 16.3 Å². The summed E-state index contributed by atoms with van der Waals surface area (Å²) >= 11 is 3.19. The molecule has 0 saturated carbocycles. The van der Waals surface area contributed by atoms with E-state index in [9.17, 15) is 8.42 Å². The van der Waals surface area contributed by atoms with Crippen LogP contribution in [-0.4, -0.2) is 26.0 Å². The fraction of sp³-hybridized carbons (Fsp3) is 0.600. The molecule has 17 heavy (non-hydrogen) atoms. The number of rotatable bonds is 4. The zero-order valence-electron chi connectivity index (χ0n) is 9.39. The van der Waals surface area contributed by atoms with Gasteiger partial charge in [-0.1, -0.05) is 0 Å². The van der Waals surface area contributed by atoms with E-state index < -0.39 is 10.0 Å². The van der Waals surface area contributed by atoms with Crippen molar-refractivity contribution >= 4 is 33.1 Å². The Morgan fingerprint density at radius 2 is 2.35 bits per heavy atom. The molecule has 1 aliphatic heterocycles. The minimum atomic E-state index is -3.39. The van der Waals surface area contributed by atoms with E-state index in [0.29, 0.717) is 4.90 Å².